The molecule has 1 unspecified atom stereocenters. The largest absolute Gasteiger partial charge is 0.461 e. The van der Waals surface area contributed by atoms with Crippen molar-refractivity contribution < 1.29 is 9.53 Å². The third-order valence-corrected chi connectivity index (χ3v) is 4.18. The number of carbonyl (C=O) groups is 1. The average molecular weight is 313 g/mol. The van der Waals surface area contributed by atoms with Crippen molar-refractivity contribution in [3.05, 3.63) is 60.3 Å². The number of carbonyl (C=O) groups excluding carboxylic acids is 1. The Morgan fingerprint density at radius 1 is 1.43 bits per heavy atom. The molecular formula is C20H27NO2. The molecule has 1 saturated heterocycles. The summed E-state index contributed by atoms with van der Waals surface area (Å²) in [5.41, 5.74) is 2.41. The van der Waals surface area contributed by atoms with Gasteiger partial charge >= 0.3 is 5.97 Å². The first-order valence-electron chi connectivity index (χ1n) is 8.37. The fraction of sp³-hybridized carbons (Fsp3) is 0.450. The molecule has 2 aliphatic rings. The summed E-state index contributed by atoms with van der Waals surface area (Å²) in [4.78, 5) is 14.7. The van der Waals surface area contributed by atoms with Gasteiger partial charge in [-0.1, -0.05) is 54.7 Å². The molecule has 1 fully saturated rings. The first-order valence-corrected chi connectivity index (χ1v) is 8.37. The minimum absolute atomic E-state index is 0.00209. The zero-order chi connectivity index (χ0) is 16.5. The highest BCUT2D eigenvalue weighted by molar-refractivity contribution is 5.73. The van der Waals surface area contributed by atoms with E-state index >= 15 is 0 Å². The molecule has 0 aromatic rings. The van der Waals surface area contributed by atoms with Gasteiger partial charge in [-0.05, 0) is 38.3 Å². The van der Waals surface area contributed by atoms with Crippen molar-refractivity contribution in [1.82, 2.24) is 4.90 Å². The van der Waals surface area contributed by atoms with Gasteiger partial charge in [0.1, 0.15) is 6.61 Å². The third kappa shape index (κ3) is 6.03. The monoisotopic (exact) mass is 313 g/mol. The topological polar surface area (TPSA) is 29.5 Å². The Hall–Kier alpha value is -1.87. The van der Waals surface area contributed by atoms with Crippen LogP contribution in [0.3, 0.4) is 0 Å². The van der Waals surface area contributed by atoms with Crippen molar-refractivity contribution in [1.29, 1.82) is 0 Å². The van der Waals surface area contributed by atoms with Gasteiger partial charge in [0.2, 0.25) is 0 Å². The van der Waals surface area contributed by atoms with Crippen LogP contribution in [0.25, 0.3) is 0 Å². The Morgan fingerprint density at radius 2 is 2.30 bits per heavy atom. The van der Waals surface area contributed by atoms with Gasteiger partial charge in [0.15, 0.2) is 0 Å². The molecule has 124 valence electrons. The normalized spacial score (nSPS) is 22.4. The number of piperidine rings is 1. The zero-order valence-corrected chi connectivity index (χ0v) is 14.0. The highest BCUT2D eigenvalue weighted by Gasteiger charge is 2.27. The number of likely N-dealkylation sites (tertiary alicyclic amines) is 1. The molecule has 3 nitrogen and oxygen atoms in total. The third-order valence-electron chi connectivity index (χ3n) is 4.18. The molecule has 0 amide bonds. The van der Waals surface area contributed by atoms with Crippen LogP contribution in [-0.2, 0) is 9.53 Å². The van der Waals surface area contributed by atoms with Gasteiger partial charge in [0.25, 0.3) is 0 Å². The SMILES string of the molecule is C=C/C=C(\C)CN1CCCC(C(=O)OCC2=CC=CC=CC2)C1. The van der Waals surface area contributed by atoms with Gasteiger partial charge < -0.3 is 4.74 Å². The van der Waals surface area contributed by atoms with E-state index in [0.29, 0.717) is 6.61 Å². The summed E-state index contributed by atoms with van der Waals surface area (Å²) in [6.45, 7) is 8.97. The minimum atomic E-state index is -0.0573. The van der Waals surface area contributed by atoms with E-state index in [1.807, 2.05) is 36.5 Å². The molecule has 0 spiro atoms. The summed E-state index contributed by atoms with van der Waals surface area (Å²) in [5.74, 6) is -0.0593. The molecule has 1 aliphatic heterocycles. The molecule has 0 radical (unpaired) electrons. The number of rotatable bonds is 6. The second kappa shape index (κ2) is 9.31. The van der Waals surface area contributed by atoms with Crippen LogP contribution in [0, 0.1) is 5.92 Å². The highest BCUT2D eigenvalue weighted by atomic mass is 16.5. The Labute approximate surface area is 139 Å². The summed E-state index contributed by atoms with van der Waals surface area (Å²) in [7, 11) is 0. The van der Waals surface area contributed by atoms with E-state index in [2.05, 4.69) is 24.5 Å². The van der Waals surface area contributed by atoms with E-state index in [9.17, 15) is 4.79 Å². The van der Waals surface area contributed by atoms with Crippen molar-refractivity contribution >= 4 is 5.97 Å². The summed E-state index contributed by atoms with van der Waals surface area (Å²) in [5, 5.41) is 0. The molecule has 0 aromatic heterocycles. The van der Waals surface area contributed by atoms with Crippen LogP contribution in [0.1, 0.15) is 26.2 Å². The molecule has 1 aliphatic carbocycles. The predicted octanol–water partition coefficient (Wildman–Crippen LogP) is 3.82. The Balaban J connectivity index is 1.81. The second-order valence-electron chi connectivity index (χ2n) is 6.27. The maximum atomic E-state index is 12.3. The van der Waals surface area contributed by atoms with Gasteiger partial charge in [-0.25, -0.2) is 0 Å². The molecule has 0 N–H and O–H groups in total. The summed E-state index contributed by atoms with van der Waals surface area (Å²) < 4.78 is 5.54. The first-order chi connectivity index (χ1) is 11.2. The molecule has 0 saturated carbocycles. The predicted molar refractivity (Wildman–Crippen MR) is 95.1 cm³/mol. The van der Waals surface area contributed by atoms with Crippen molar-refractivity contribution in [2.24, 2.45) is 5.92 Å². The number of hydrogen-bond acceptors (Lipinski definition) is 3. The van der Waals surface area contributed by atoms with E-state index in [1.54, 1.807) is 0 Å². The molecule has 1 heterocycles. The van der Waals surface area contributed by atoms with E-state index in [0.717, 1.165) is 44.5 Å². The quantitative estimate of drug-likeness (QED) is 0.551. The fourth-order valence-electron chi connectivity index (χ4n) is 3.01. The van der Waals surface area contributed by atoms with Crippen molar-refractivity contribution in [3.63, 3.8) is 0 Å². The van der Waals surface area contributed by atoms with E-state index in [1.165, 1.54) is 5.57 Å². The standard InChI is InChI=1S/C20H27NO2/c1-3-9-17(2)14-21-13-8-12-19(15-21)20(22)23-16-18-10-6-4-5-7-11-18/h3-7,9-10,19H,1,8,11-16H2,2H3/b17-9+. The number of allylic oxidation sites excluding steroid dienone is 7. The summed E-state index contributed by atoms with van der Waals surface area (Å²) in [6.07, 6.45) is 16.8. The van der Waals surface area contributed by atoms with Crippen LogP contribution in [0.2, 0.25) is 0 Å². The molecular weight excluding hydrogens is 286 g/mol. The van der Waals surface area contributed by atoms with Crippen LogP contribution < -0.4 is 0 Å². The number of nitrogens with zero attached hydrogens (tertiary/aromatic N) is 1. The van der Waals surface area contributed by atoms with Gasteiger partial charge in [0.05, 0.1) is 5.92 Å². The van der Waals surface area contributed by atoms with Gasteiger partial charge in [-0.2, -0.15) is 0 Å². The zero-order valence-electron chi connectivity index (χ0n) is 14.0. The lowest BCUT2D eigenvalue weighted by Gasteiger charge is -2.31. The van der Waals surface area contributed by atoms with Crippen LogP contribution in [0.5, 0.6) is 0 Å². The number of hydrogen-bond donors (Lipinski definition) is 0. The minimum Gasteiger partial charge on any atom is -0.461 e. The van der Waals surface area contributed by atoms with Crippen LogP contribution in [0.4, 0.5) is 0 Å². The van der Waals surface area contributed by atoms with Crippen molar-refractivity contribution in [2.45, 2.75) is 26.2 Å². The summed E-state index contributed by atoms with van der Waals surface area (Å²) in [6, 6.07) is 0. The lowest BCUT2D eigenvalue weighted by atomic mass is 9.97. The first kappa shape index (κ1) is 17.5. The van der Waals surface area contributed by atoms with Gasteiger partial charge in [0, 0.05) is 13.1 Å². The van der Waals surface area contributed by atoms with Crippen molar-refractivity contribution in [3.8, 4) is 0 Å². The Morgan fingerprint density at radius 3 is 3.13 bits per heavy atom. The lowest BCUT2D eigenvalue weighted by molar-refractivity contribution is -0.149. The summed E-state index contributed by atoms with van der Waals surface area (Å²) >= 11 is 0. The highest BCUT2D eigenvalue weighted by Crippen LogP contribution is 2.19. The molecule has 23 heavy (non-hydrogen) atoms. The van der Waals surface area contributed by atoms with E-state index < -0.39 is 0 Å². The fourth-order valence-corrected chi connectivity index (χ4v) is 3.01. The molecule has 0 aromatic carbocycles. The molecule has 0 bridgehead atoms. The van der Waals surface area contributed by atoms with Gasteiger partial charge in [-0.3, -0.25) is 9.69 Å². The number of esters is 1. The smallest absolute Gasteiger partial charge is 0.310 e. The maximum Gasteiger partial charge on any atom is 0.310 e. The van der Waals surface area contributed by atoms with E-state index in [-0.39, 0.29) is 11.9 Å². The molecule has 2 rings (SSSR count). The van der Waals surface area contributed by atoms with Crippen LogP contribution >= 0.6 is 0 Å². The Bertz CT molecular complexity index is 540. The Kier molecular flexibility index (Phi) is 7.08. The van der Waals surface area contributed by atoms with E-state index in [4.69, 9.17) is 4.74 Å². The second-order valence-corrected chi connectivity index (χ2v) is 6.27. The maximum absolute atomic E-state index is 12.3. The number of ether oxygens (including phenoxy) is 1. The van der Waals surface area contributed by atoms with Crippen molar-refractivity contribution in [2.75, 3.05) is 26.2 Å². The molecule has 3 heteroatoms. The lowest BCUT2D eigenvalue weighted by Crippen LogP contribution is -2.40. The van der Waals surface area contributed by atoms with Crippen LogP contribution in [0.15, 0.2) is 60.3 Å². The van der Waals surface area contributed by atoms with Crippen LogP contribution in [-0.4, -0.2) is 37.1 Å². The van der Waals surface area contributed by atoms with Gasteiger partial charge in [-0.15, -0.1) is 0 Å². The average Bonchev–Trinajstić information content (AvgIpc) is 2.82. The molecule has 1 atom stereocenters.